The average Bonchev–Trinajstić information content (AvgIpc) is 2.39. The van der Waals surface area contributed by atoms with Crippen molar-refractivity contribution in [1.29, 1.82) is 0 Å². The summed E-state index contributed by atoms with van der Waals surface area (Å²) in [5, 5.41) is 0. The lowest BCUT2D eigenvalue weighted by Crippen LogP contribution is -2.18. The van der Waals surface area contributed by atoms with Gasteiger partial charge in [0.05, 0.1) is 6.61 Å². The van der Waals surface area contributed by atoms with E-state index in [0.717, 1.165) is 0 Å². The Kier molecular flexibility index (Phi) is 4.42. The van der Waals surface area contributed by atoms with Crippen LogP contribution < -0.4 is 4.74 Å². The van der Waals surface area contributed by atoms with Crippen LogP contribution >= 0.6 is 0 Å². The summed E-state index contributed by atoms with van der Waals surface area (Å²) in [4.78, 5) is 11.4. The summed E-state index contributed by atoms with van der Waals surface area (Å²) in [6, 6.07) is 9.00. The summed E-state index contributed by atoms with van der Waals surface area (Å²) in [6.45, 7) is 0.492. The van der Waals surface area contributed by atoms with Crippen LogP contribution in [0.5, 0.6) is 5.75 Å². The first kappa shape index (κ1) is 12.0. The summed E-state index contributed by atoms with van der Waals surface area (Å²) < 4.78 is 10.2. The maximum Gasteiger partial charge on any atom is 0.513 e. The van der Waals surface area contributed by atoms with Crippen molar-refractivity contribution >= 4 is 6.16 Å². The van der Waals surface area contributed by atoms with E-state index in [4.69, 9.17) is 9.47 Å². The second kappa shape index (κ2) is 6.28. The highest BCUT2D eigenvalue weighted by Crippen LogP contribution is 2.23. The fourth-order valence-electron chi connectivity index (χ4n) is 2.15. The standard InChI is InChI=1S/C14H18O3/c15-14(17-13-9-5-2-6-10-13)16-11-12-7-3-1-4-8-12/h2,5-6,9-10,12H,1,3-4,7-8,11H2. The highest BCUT2D eigenvalue weighted by atomic mass is 16.7. The minimum atomic E-state index is -0.596. The first-order valence-electron chi connectivity index (χ1n) is 6.24. The van der Waals surface area contributed by atoms with Gasteiger partial charge in [-0.05, 0) is 30.9 Å². The Morgan fingerprint density at radius 3 is 2.53 bits per heavy atom. The summed E-state index contributed by atoms with van der Waals surface area (Å²) in [7, 11) is 0. The molecule has 1 aliphatic carbocycles. The van der Waals surface area contributed by atoms with Crippen molar-refractivity contribution < 1.29 is 14.3 Å². The van der Waals surface area contributed by atoms with Gasteiger partial charge in [-0.15, -0.1) is 0 Å². The highest BCUT2D eigenvalue weighted by Gasteiger charge is 2.16. The third-order valence-electron chi connectivity index (χ3n) is 3.11. The van der Waals surface area contributed by atoms with Crippen LogP contribution in [0.3, 0.4) is 0 Å². The molecule has 0 bridgehead atoms. The minimum absolute atomic E-state index is 0.492. The third kappa shape index (κ3) is 4.10. The van der Waals surface area contributed by atoms with Crippen molar-refractivity contribution in [2.45, 2.75) is 32.1 Å². The molecular weight excluding hydrogens is 216 g/mol. The van der Waals surface area contributed by atoms with E-state index in [0.29, 0.717) is 18.3 Å². The van der Waals surface area contributed by atoms with Crippen molar-refractivity contribution in [2.24, 2.45) is 5.92 Å². The van der Waals surface area contributed by atoms with Gasteiger partial charge in [-0.3, -0.25) is 0 Å². The highest BCUT2D eigenvalue weighted by molar-refractivity contribution is 5.63. The molecule has 0 spiro atoms. The van der Waals surface area contributed by atoms with Gasteiger partial charge in [-0.1, -0.05) is 37.5 Å². The molecule has 2 rings (SSSR count). The molecule has 0 aliphatic heterocycles. The van der Waals surface area contributed by atoms with Gasteiger partial charge in [0, 0.05) is 0 Å². The van der Waals surface area contributed by atoms with E-state index < -0.39 is 6.16 Å². The number of ether oxygens (including phenoxy) is 2. The molecule has 0 saturated heterocycles. The van der Waals surface area contributed by atoms with Crippen LogP contribution in [-0.4, -0.2) is 12.8 Å². The molecule has 0 amide bonds. The van der Waals surface area contributed by atoms with Gasteiger partial charge in [0.15, 0.2) is 0 Å². The van der Waals surface area contributed by atoms with Gasteiger partial charge in [0.2, 0.25) is 0 Å². The van der Waals surface area contributed by atoms with Crippen molar-refractivity contribution in [1.82, 2.24) is 0 Å². The molecule has 1 saturated carbocycles. The zero-order valence-corrected chi connectivity index (χ0v) is 9.93. The molecule has 3 nitrogen and oxygen atoms in total. The van der Waals surface area contributed by atoms with Crippen molar-refractivity contribution in [3.8, 4) is 5.75 Å². The fraction of sp³-hybridized carbons (Fsp3) is 0.500. The van der Waals surface area contributed by atoms with Crippen molar-refractivity contribution in [3.63, 3.8) is 0 Å². The smallest absolute Gasteiger partial charge is 0.434 e. The molecular formula is C14H18O3. The van der Waals surface area contributed by atoms with Crippen LogP contribution in [-0.2, 0) is 4.74 Å². The van der Waals surface area contributed by atoms with Gasteiger partial charge >= 0.3 is 6.16 Å². The zero-order chi connectivity index (χ0) is 11.9. The maximum absolute atomic E-state index is 11.4. The molecule has 92 valence electrons. The number of carbonyl (C=O) groups excluding carboxylic acids is 1. The molecule has 3 heteroatoms. The number of para-hydroxylation sites is 1. The van der Waals surface area contributed by atoms with Gasteiger partial charge in [0.1, 0.15) is 5.75 Å². The van der Waals surface area contributed by atoms with Gasteiger partial charge in [-0.25, -0.2) is 4.79 Å². The van der Waals surface area contributed by atoms with E-state index in [-0.39, 0.29) is 0 Å². The van der Waals surface area contributed by atoms with Crippen LogP contribution in [0.4, 0.5) is 4.79 Å². The minimum Gasteiger partial charge on any atom is -0.434 e. The van der Waals surface area contributed by atoms with E-state index >= 15 is 0 Å². The summed E-state index contributed by atoms with van der Waals surface area (Å²) >= 11 is 0. The van der Waals surface area contributed by atoms with Gasteiger partial charge in [0.25, 0.3) is 0 Å². The quantitative estimate of drug-likeness (QED) is 0.589. The summed E-state index contributed by atoms with van der Waals surface area (Å²) in [6.07, 6.45) is 5.55. The second-order valence-corrected chi connectivity index (χ2v) is 4.48. The van der Waals surface area contributed by atoms with E-state index in [1.807, 2.05) is 18.2 Å². The lowest BCUT2D eigenvalue weighted by atomic mass is 9.90. The van der Waals surface area contributed by atoms with Gasteiger partial charge < -0.3 is 9.47 Å². The molecule has 1 aromatic rings. The predicted molar refractivity (Wildman–Crippen MR) is 65.0 cm³/mol. The maximum atomic E-state index is 11.4. The lowest BCUT2D eigenvalue weighted by Gasteiger charge is -2.20. The zero-order valence-electron chi connectivity index (χ0n) is 9.93. The van der Waals surface area contributed by atoms with E-state index in [1.54, 1.807) is 12.1 Å². The molecule has 0 aromatic heterocycles. The Bertz CT molecular complexity index is 342. The van der Waals surface area contributed by atoms with Crippen molar-refractivity contribution in [2.75, 3.05) is 6.61 Å². The number of hydrogen-bond donors (Lipinski definition) is 0. The molecule has 17 heavy (non-hydrogen) atoms. The van der Waals surface area contributed by atoms with Crippen LogP contribution in [0, 0.1) is 5.92 Å². The first-order valence-corrected chi connectivity index (χ1v) is 6.24. The SMILES string of the molecule is O=C(OCC1CCCCC1)Oc1ccccc1. The first-order chi connectivity index (χ1) is 8.34. The van der Waals surface area contributed by atoms with Gasteiger partial charge in [-0.2, -0.15) is 0 Å². The average molecular weight is 234 g/mol. The predicted octanol–water partition coefficient (Wildman–Crippen LogP) is 3.78. The summed E-state index contributed by atoms with van der Waals surface area (Å²) in [5.41, 5.74) is 0. The van der Waals surface area contributed by atoms with Crippen LogP contribution in [0.25, 0.3) is 0 Å². The Labute approximate surface area is 102 Å². The summed E-state index contributed by atoms with van der Waals surface area (Å²) in [5.74, 6) is 1.05. The Morgan fingerprint density at radius 2 is 1.82 bits per heavy atom. The number of carbonyl (C=O) groups is 1. The van der Waals surface area contributed by atoms with Crippen LogP contribution in [0.15, 0.2) is 30.3 Å². The van der Waals surface area contributed by atoms with Crippen molar-refractivity contribution in [3.05, 3.63) is 30.3 Å². The molecule has 1 aliphatic rings. The lowest BCUT2D eigenvalue weighted by molar-refractivity contribution is 0.0767. The molecule has 1 fully saturated rings. The normalized spacial score (nSPS) is 16.5. The Hall–Kier alpha value is -1.51. The number of hydrogen-bond acceptors (Lipinski definition) is 3. The largest absolute Gasteiger partial charge is 0.513 e. The van der Waals surface area contributed by atoms with Crippen LogP contribution in [0.2, 0.25) is 0 Å². The van der Waals surface area contributed by atoms with E-state index in [1.165, 1.54) is 32.1 Å². The van der Waals surface area contributed by atoms with E-state index in [9.17, 15) is 4.79 Å². The number of benzene rings is 1. The topological polar surface area (TPSA) is 35.5 Å². The van der Waals surface area contributed by atoms with Crippen LogP contribution in [0.1, 0.15) is 32.1 Å². The monoisotopic (exact) mass is 234 g/mol. The Morgan fingerprint density at radius 1 is 1.12 bits per heavy atom. The molecule has 0 heterocycles. The Balaban J connectivity index is 1.70. The molecule has 0 unspecified atom stereocenters. The molecule has 0 atom stereocenters. The number of rotatable bonds is 3. The molecule has 0 N–H and O–H groups in total. The second-order valence-electron chi connectivity index (χ2n) is 4.48. The van der Waals surface area contributed by atoms with E-state index in [2.05, 4.69) is 0 Å². The third-order valence-corrected chi connectivity index (χ3v) is 3.11. The fourth-order valence-corrected chi connectivity index (χ4v) is 2.15. The molecule has 0 radical (unpaired) electrons. The molecule has 1 aromatic carbocycles.